The lowest BCUT2D eigenvalue weighted by atomic mass is 10.1. The Balaban J connectivity index is 2.03. The van der Waals surface area contributed by atoms with E-state index in [9.17, 15) is 23.1 Å². The Hall–Kier alpha value is -1.99. The number of alkyl halides is 3. The molecule has 0 heterocycles. The Morgan fingerprint density at radius 1 is 1.00 bits per heavy atom. The van der Waals surface area contributed by atoms with Gasteiger partial charge in [0.1, 0.15) is 0 Å². The van der Waals surface area contributed by atoms with Crippen molar-refractivity contribution in [2.45, 2.75) is 16.8 Å². The minimum absolute atomic E-state index is 0.0297. The van der Waals surface area contributed by atoms with Crippen molar-refractivity contribution in [2.24, 2.45) is 0 Å². The number of halogens is 3. The molecule has 0 aromatic heterocycles. The van der Waals surface area contributed by atoms with Crippen LogP contribution >= 0.6 is 11.8 Å². The third-order valence-electron chi connectivity index (χ3n) is 3.51. The van der Waals surface area contributed by atoms with Crippen molar-refractivity contribution in [3.63, 3.8) is 0 Å². The average Bonchev–Trinajstić information content (AvgIpc) is 2.58. The smallest absolute Gasteiger partial charge is 0.395 e. The molecular weight excluding hydrogens is 351 g/mol. The SMILES string of the molecule is O=C(c1ccc(SC(F)(F)F)cc1)N(CCO)CCc1ccccc1. The molecule has 0 saturated carbocycles. The lowest BCUT2D eigenvalue weighted by Gasteiger charge is -2.22. The van der Waals surface area contributed by atoms with Crippen LogP contribution in [0.3, 0.4) is 0 Å². The topological polar surface area (TPSA) is 40.5 Å². The molecule has 0 aliphatic carbocycles. The minimum Gasteiger partial charge on any atom is -0.395 e. The van der Waals surface area contributed by atoms with Gasteiger partial charge in [-0.3, -0.25) is 4.79 Å². The molecule has 0 bridgehead atoms. The molecule has 1 N–H and O–H groups in total. The largest absolute Gasteiger partial charge is 0.446 e. The number of thioether (sulfide) groups is 1. The zero-order valence-electron chi connectivity index (χ0n) is 13.4. The van der Waals surface area contributed by atoms with Crippen molar-refractivity contribution in [1.29, 1.82) is 0 Å². The molecule has 0 saturated heterocycles. The van der Waals surface area contributed by atoms with Crippen molar-refractivity contribution in [3.8, 4) is 0 Å². The Kier molecular flexibility index (Phi) is 6.90. The lowest BCUT2D eigenvalue weighted by molar-refractivity contribution is -0.0328. The maximum absolute atomic E-state index is 12.5. The van der Waals surface area contributed by atoms with E-state index < -0.39 is 5.51 Å². The van der Waals surface area contributed by atoms with Gasteiger partial charge in [0.05, 0.1) is 6.61 Å². The summed E-state index contributed by atoms with van der Waals surface area (Å²) in [4.78, 5) is 14.1. The maximum atomic E-state index is 12.5. The predicted octanol–water partition coefficient (Wildman–Crippen LogP) is 3.98. The van der Waals surface area contributed by atoms with Crippen LogP contribution in [-0.2, 0) is 6.42 Å². The number of aliphatic hydroxyl groups excluding tert-OH is 1. The molecule has 25 heavy (non-hydrogen) atoms. The maximum Gasteiger partial charge on any atom is 0.446 e. The number of hydrogen-bond acceptors (Lipinski definition) is 3. The molecule has 0 aliphatic heterocycles. The monoisotopic (exact) mass is 369 g/mol. The number of hydrogen-bond donors (Lipinski definition) is 1. The third kappa shape index (κ3) is 6.43. The molecule has 3 nitrogen and oxygen atoms in total. The van der Waals surface area contributed by atoms with Crippen molar-refractivity contribution in [1.82, 2.24) is 4.90 Å². The van der Waals surface area contributed by atoms with E-state index in [1.165, 1.54) is 29.2 Å². The lowest BCUT2D eigenvalue weighted by Crippen LogP contribution is -2.35. The second kappa shape index (κ2) is 8.92. The molecule has 2 rings (SSSR count). The number of amides is 1. The van der Waals surface area contributed by atoms with E-state index in [-0.39, 0.29) is 35.7 Å². The Morgan fingerprint density at radius 3 is 2.20 bits per heavy atom. The van der Waals surface area contributed by atoms with Gasteiger partial charge in [-0.2, -0.15) is 13.2 Å². The van der Waals surface area contributed by atoms with Crippen LogP contribution < -0.4 is 0 Å². The Labute approximate surface area is 148 Å². The van der Waals surface area contributed by atoms with Crippen molar-refractivity contribution >= 4 is 17.7 Å². The number of nitrogens with zero attached hydrogens (tertiary/aromatic N) is 1. The highest BCUT2D eigenvalue weighted by Crippen LogP contribution is 2.36. The highest BCUT2D eigenvalue weighted by molar-refractivity contribution is 8.00. The summed E-state index contributed by atoms with van der Waals surface area (Å²) in [6, 6.07) is 14.9. The summed E-state index contributed by atoms with van der Waals surface area (Å²) in [6.45, 7) is 0.412. The molecule has 0 atom stereocenters. The van der Waals surface area contributed by atoms with Crippen LogP contribution in [0.15, 0.2) is 59.5 Å². The second-order valence-corrected chi connectivity index (χ2v) is 6.46. The van der Waals surface area contributed by atoms with E-state index in [2.05, 4.69) is 0 Å². The molecule has 7 heteroatoms. The molecule has 0 spiro atoms. The van der Waals surface area contributed by atoms with Crippen molar-refractivity contribution in [2.75, 3.05) is 19.7 Å². The van der Waals surface area contributed by atoms with Gasteiger partial charge >= 0.3 is 5.51 Å². The molecule has 2 aromatic carbocycles. The van der Waals surface area contributed by atoms with E-state index in [0.717, 1.165) is 5.56 Å². The van der Waals surface area contributed by atoms with Crippen molar-refractivity contribution < 1.29 is 23.1 Å². The van der Waals surface area contributed by atoms with Crippen LogP contribution in [0.5, 0.6) is 0 Å². The van der Waals surface area contributed by atoms with Gasteiger partial charge in [0.25, 0.3) is 5.91 Å². The van der Waals surface area contributed by atoms with E-state index in [1.807, 2.05) is 30.3 Å². The van der Waals surface area contributed by atoms with Gasteiger partial charge in [0.15, 0.2) is 0 Å². The van der Waals surface area contributed by atoms with Gasteiger partial charge < -0.3 is 10.0 Å². The quantitative estimate of drug-likeness (QED) is 0.751. The molecular formula is C18H18F3NO2S. The van der Waals surface area contributed by atoms with E-state index in [1.54, 1.807) is 0 Å². The Bertz CT molecular complexity index is 675. The van der Waals surface area contributed by atoms with E-state index in [0.29, 0.717) is 18.5 Å². The van der Waals surface area contributed by atoms with E-state index >= 15 is 0 Å². The summed E-state index contributed by atoms with van der Waals surface area (Å²) in [5, 5.41) is 9.18. The highest BCUT2D eigenvalue weighted by atomic mass is 32.2. The summed E-state index contributed by atoms with van der Waals surface area (Å²) in [6.07, 6.45) is 0.634. The van der Waals surface area contributed by atoms with Gasteiger partial charge in [0.2, 0.25) is 0 Å². The standard InChI is InChI=1S/C18H18F3NO2S/c19-18(20,21)25-16-8-6-15(7-9-16)17(24)22(12-13-23)11-10-14-4-2-1-3-5-14/h1-9,23H,10-13H2. The van der Waals surface area contributed by atoms with Gasteiger partial charge in [-0.1, -0.05) is 30.3 Å². The first kappa shape index (κ1) is 19.3. The molecule has 0 fully saturated rings. The molecule has 2 aromatic rings. The molecule has 134 valence electrons. The number of carbonyl (C=O) groups excluding carboxylic acids is 1. The fourth-order valence-electron chi connectivity index (χ4n) is 2.33. The van der Waals surface area contributed by atoms with Crippen molar-refractivity contribution in [3.05, 3.63) is 65.7 Å². The highest BCUT2D eigenvalue weighted by Gasteiger charge is 2.29. The molecule has 0 radical (unpaired) electrons. The number of benzene rings is 2. The zero-order chi connectivity index (χ0) is 18.3. The number of aliphatic hydroxyl groups is 1. The normalized spacial score (nSPS) is 11.4. The van der Waals surface area contributed by atoms with Crippen LogP contribution in [0.4, 0.5) is 13.2 Å². The van der Waals surface area contributed by atoms with Crippen LogP contribution in [0, 0.1) is 0 Å². The van der Waals surface area contributed by atoms with Crippen LogP contribution in [0.2, 0.25) is 0 Å². The summed E-state index contributed by atoms with van der Waals surface area (Å²) in [5.41, 5.74) is -2.99. The fourth-order valence-corrected chi connectivity index (χ4v) is 2.87. The summed E-state index contributed by atoms with van der Waals surface area (Å²) in [5.74, 6) is -0.312. The van der Waals surface area contributed by atoms with Crippen LogP contribution in [0.25, 0.3) is 0 Å². The first-order valence-corrected chi connectivity index (χ1v) is 8.50. The van der Waals surface area contributed by atoms with Crippen LogP contribution in [0.1, 0.15) is 15.9 Å². The molecule has 0 unspecified atom stereocenters. The molecule has 0 aliphatic rings. The van der Waals surface area contributed by atoms with Gasteiger partial charge in [-0.25, -0.2) is 0 Å². The molecule has 1 amide bonds. The summed E-state index contributed by atoms with van der Waals surface area (Å²) >= 11 is -0.218. The number of rotatable bonds is 7. The number of carbonyl (C=O) groups is 1. The first-order chi connectivity index (χ1) is 11.9. The van der Waals surface area contributed by atoms with Gasteiger partial charge in [-0.05, 0) is 48.0 Å². The Morgan fingerprint density at radius 2 is 1.64 bits per heavy atom. The van der Waals surface area contributed by atoms with Gasteiger partial charge in [0, 0.05) is 23.5 Å². The fraction of sp³-hybridized carbons (Fsp3) is 0.278. The zero-order valence-corrected chi connectivity index (χ0v) is 14.2. The predicted molar refractivity (Wildman–Crippen MR) is 91.5 cm³/mol. The minimum atomic E-state index is -4.36. The summed E-state index contributed by atoms with van der Waals surface area (Å²) in [7, 11) is 0. The second-order valence-electron chi connectivity index (χ2n) is 5.32. The third-order valence-corrected chi connectivity index (χ3v) is 4.24. The summed E-state index contributed by atoms with van der Waals surface area (Å²) < 4.78 is 37.1. The first-order valence-electron chi connectivity index (χ1n) is 7.69. The van der Waals surface area contributed by atoms with Crippen LogP contribution in [-0.4, -0.2) is 41.1 Å². The van der Waals surface area contributed by atoms with E-state index in [4.69, 9.17) is 0 Å². The van der Waals surface area contributed by atoms with Gasteiger partial charge in [-0.15, -0.1) is 0 Å². The average molecular weight is 369 g/mol.